The normalized spacial score (nSPS) is 14.8. The first-order chi connectivity index (χ1) is 7.74. The van der Waals surface area contributed by atoms with Crippen molar-refractivity contribution in [2.24, 2.45) is 5.92 Å². The number of hydrogen-bond donors (Lipinski definition) is 1. The molecule has 0 spiro atoms. The van der Waals surface area contributed by atoms with Gasteiger partial charge in [-0.3, -0.25) is 4.79 Å². The lowest BCUT2D eigenvalue weighted by Gasteiger charge is -2.23. The zero-order chi connectivity index (χ0) is 11.5. The summed E-state index contributed by atoms with van der Waals surface area (Å²) in [5, 5.41) is 0. The van der Waals surface area contributed by atoms with Crippen LogP contribution in [0.2, 0.25) is 0 Å². The third-order valence-electron chi connectivity index (χ3n) is 2.87. The second kappa shape index (κ2) is 4.56. The van der Waals surface area contributed by atoms with E-state index in [1.165, 1.54) is 0 Å². The molecule has 1 aromatic carbocycles. The third kappa shape index (κ3) is 2.18. The summed E-state index contributed by atoms with van der Waals surface area (Å²) in [6.07, 6.45) is 3.02. The number of benzene rings is 1. The Bertz CT molecular complexity index is 385. The molecule has 1 amide bonds. The molecule has 0 atom stereocenters. The van der Waals surface area contributed by atoms with Gasteiger partial charge in [0.15, 0.2) is 0 Å². The van der Waals surface area contributed by atoms with Crippen LogP contribution in [0.3, 0.4) is 0 Å². The fraction of sp³-hybridized carbons (Fsp3) is 0.462. The Kier molecular flexibility index (Phi) is 3.13. The standard InChI is InChI=1S/C13H18N2O/c1-2-9-15(13(16)10-7-8-10)12-6-4-3-5-11(12)14/h3-6,10H,2,7-9,14H2,1H3. The second-order valence-electron chi connectivity index (χ2n) is 4.32. The fourth-order valence-electron chi connectivity index (χ4n) is 1.86. The van der Waals surface area contributed by atoms with Gasteiger partial charge in [-0.15, -0.1) is 0 Å². The van der Waals surface area contributed by atoms with Crippen LogP contribution < -0.4 is 10.6 Å². The summed E-state index contributed by atoms with van der Waals surface area (Å²) in [5.74, 6) is 0.478. The van der Waals surface area contributed by atoms with Crippen molar-refractivity contribution in [3.8, 4) is 0 Å². The Hall–Kier alpha value is -1.51. The molecule has 1 aliphatic rings. The highest BCUT2D eigenvalue weighted by atomic mass is 16.2. The number of amides is 1. The minimum absolute atomic E-state index is 0.236. The molecule has 0 unspecified atom stereocenters. The number of para-hydroxylation sites is 2. The maximum absolute atomic E-state index is 12.1. The highest BCUT2D eigenvalue weighted by molar-refractivity contribution is 5.98. The van der Waals surface area contributed by atoms with Crippen LogP contribution in [0.5, 0.6) is 0 Å². The van der Waals surface area contributed by atoms with Crippen LogP contribution in [-0.2, 0) is 4.79 Å². The smallest absolute Gasteiger partial charge is 0.230 e. The number of carbonyl (C=O) groups excluding carboxylic acids is 1. The average Bonchev–Trinajstić information content (AvgIpc) is 3.10. The summed E-state index contributed by atoms with van der Waals surface area (Å²) in [5.41, 5.74) is 7.46. The topological polar surface area (TPSA) is 46.3 Å². The molecule has 1 fully saturated rings. The summed E-state index contributed by atoms with van der Waals surface area (Å²) in [6, 6.07) is 7.59. The molecule has 0 aromatic heterocycles. The Labute approximate surface area is 96.2 Å². The largest absolute Gasteiger partial charge is 0.397 e. The van der Waals surface area contributed by atoms with Crippen LogP contribution >= 0.6 is 0 Å². The lowest BCUT2D eigenvalue weighted by Crippen LogP contribution is -2.33. The quantitative estimate of drug-likeness (QED) is 0.789. The van der Waals surface area contributed by atoms with Gasteiger partial charge in [-0.2, -0.15) is 0 Å². The number of nitrogen functional groups attached to an aromatic ring is 1. The molecular weight excluding hydrogens is 200 g/mol. The van der Waals surface area contributed by atoms with E-state index in [4.69, 9.17) is 5.73 Å². The van der Waals surface area contributed by atoms with E-state index in [1.807, 2.05) is 29.2 Å². The lowest BCUT2D eigenvalue weighted by atomic mass is 10.2. The van der Waals surface area contributed by atoms with Crippen LogP contribution in [0.25, 0.3) is 0 Å². The minimum Gasteiger partial charge on any atom is -0.397 e. The molecule has 2 rings (SSSR count). The van der Waals surface area contributed by atoms with Crippen LogP contribution in [0, 0.1) is 5.92 Å². The Morgan fingerprint density at radius 2 is 2.12 bits per heavy atom. The number of nitrogens with two attached hydrogens (primary N) is 1. The predicted octanol–water partition coefficient (Wildman–Crippen LogP) is 2.42. The molecule has 3 nitrogen and oxygen atoms in total. The highest BCUT2D eigenvalue weighted by Gasteiger charge is 2.34. The van der Waals surface area contributed by atoms with Gasteiger partial charge in [-0.1, -0.05) is 19.1 Å². The third-order valence-corrected chi connectivity index (χ3v) is 2.87. The van der Waals surface area contributed by atoms with E-state index in [0.29, 0.717) is 5.69 Å². The van der Waals surface area contributed by atoms with Crippen molar-refractivity contribution in [3.63, 3.8) is 0 Å². The molecule has 1 aromatic rings. The number of hydrogen-bond acceptors (Lipinski definition) is 2. The summed E-state index contributed by atoms with van der Waals surface area (Å²) in [7, 11) is 0. The van der Waals surface area contributed by atoms with E-state index in [2.05, 4.69) is 6.92 Å². The van der Waals surface area contributed by atoms with Gasteiger partial charge in [0.1, 0.15) is 0 Å². The van der Waals surface area contributed by atoms with Gasteiger partial charge in [0.25, 0.3) is 0 Å². The zero-order valence-corrected chi connectivity index (χ0v) is 9.65. The zero-order valence-electron chi connectivity index (χ0n) is 9.65. The van der Waals surface area contributed by atoms with Crippen molar-refractivity contribution in [3.05, 3.63) is 24.3 Å². The van der Waals surface area contributed by atoms with Crippen molar-refractivity contribution in [2.75, 3.05) is 17.2 Å². The molecule has 16 heavy (non-hydrogen) atoms. The van der Waals surface area contributed by atoms with E-state index in [1.54, 1.807) is 0 Å². The maximum Gasteiger partial charge on any atom is 0.230 e. The van der Waals surface area contributed by atoms with Crippen molar-refractivity contribution < 1.29 is 4.79 Å². The molecule has 3 heteroatoms. The summed E-state index contributed by atoms with van der Waals surface area (Å²) in [4.78, 5) is 14.0. The van der Waals surface area contributed by atoms with Crippen LogP contribution in [0.1, 0.15) is 26.2 Å². The molecule has 0 heterocycles. The summed E-state index contributed by atoms with van der Waals surface area (Å²) in [6.45, 7) is 2.83. The summed E-state index contributed by atoms with van der Waals surface area (Å²) >= 11 is 0. The monoisotopic (exact) mass is 218 g/mol. The molecule has 1 saturated carbocycles. The van der Waals surface area contributed by atoms with E-state index in [-0.39, 0.29) is 11.8 Å². The van der Waals surface area contributed by atoms with Crippen molar-refractivity contribution in [1.82, 2.24) is 0 Å². The van der Waals surface area contributed by atoms with E-state index in [9.17, 15) is 4.79 Å². The lowest BCUT2D eigenvalue weighted by molar-refractivity contribution is -0.119. The van der Waals surface area contributed by atoms with Crippen LogP contribution in [-0.4, -0.2) is 12.5 Å². The predicted molar refractivity (Wildman–Crippen MR) is 66.2 cm³/mol. The number of carbonyl (C=O) groups is 1. The molecule has 1 aliphatic carbocycles. The molecule has 2 N–H and O–H groups in total. The average molecular weight is 218 g/mol. The second-order valence-corrected chi connectivity index (χ2v) is 4.32. The van der Waals surface area contributed by atoms with Gasteiger partial charge >= 0.3 is 0 Å². The van der Waals surface area contributed by atoms with Crippen molar-refractivity contribution in [1.29, 1.82) is 0 Å². The van der Waals surface area contributed by atoms with Gasteiger partial charge in [-0.05, 0) is 31.4 Å². The van der Waals surface area contributed by atoms with Crippen LogP contribution in [0.15, 0.2) is 24.3 Å². The maximum atomic E-state index is 12.1. The molecule has 0 aliphatic heterocycles. The van der Waals surface area contributed by atoms with Crippen LogP contribution in [0.4, 0.5) is 11.4 Å². The van der Waals surface area contributed by atoms with Gasteiger partial charge in [0.05, 0.1) is 11.4 Å². The Balaban J connectivity index is 2.24. The van der Waals surface area contributed by atoms with Gasteiger partial charge in [0.2, 0.25) is 5.91 Å². The fourth-order valence-corrected chi connectivity index (χ4v) is 1.86. The SMILES string of the molecule is CCCN(C(=O)C1CC1)c1ccccc1N. The van der Waals surface area contributed by atoms with E-state index < -0.39 is 0 Å². The van der Waals surface area contributed by atoms with Gasteiger partial charge in [-0.25, -0.2) is 0 Å². The first kappa shape index (κ1) is 11.0. The Morgan fingerprint density at radius 3 is 2.69 bits per heavy atom. The van der Waals surface area contributed by atoms with E-state index in [0.717, 1.165) is 31.5 Å². The molecule has 0 bridgehead atoms. The molecular formula is C13H18N2O. The molecule has 0 saturated heterocycles. The number of anilines is 2. The van der Waals surface area contributed by atoms with Gasteiger partial charge < -0.3 is 10.6 Å². The van der Waals surface area contributed by atoms with Crippen molar-refractivity contribution in [2.45, 2.75) is 26.2 Å². The van der Waals surface area contributed by atoms with Crippen molar-refractivity contribution >= 4 is 17.3 Å². The number of rotatable bonds is 4. The van der Waals surface area contributed by atoms with E-state index >= 15 is 0 Å². The molecule has 0 radical (unpaired) electrons. The first-order valence-electron chi connectivity index (χ1n) is 5.90. The van der Waals surface area contributed by atoms with Gasteiger partial charge in [0, 0.05) is 12.5 Å². The first-order valence-corrected chi connectivity index (χ1v) is 5.90. The Morgan fingerprint density at radius 1 is 1.44 bits per heavy atom. The molecule has 86 valence electrons. The highest BCUT2D eigenvalue weighted by Crippen LogP contribution is 2.34. The summed E-state index contributed by atoms with van der Waals surface area (Å²) < 4.78 is 0. The number of nitrogens with zero attached hydrogens (tertiary/aromatic N) is 1. The minimum atomic E-state index is 0.236.